The normalized spacial score (nSPS) is 17.7. The van der Waals surface area contributed by atoms with Gasteiger partial charge in [0.1, 0.15) is 0 Å². The molecule has 0 spiro atoms. The molecule has 2 N–H and O–H groups in total. The van der Waals surface area contributed by atoms with Crippen molar-refractivity contribution in [1.29, 1.82) is 0 Å². The van der Waals surface area contributed by atoms with Gasteiger partial charge < -0.3 is 10.6 Å². The molecule has 28 heavy (non-hydrogen) atoms. The highest BCUT2D eigenvalue weighted by atomic mass is 32.2. The average Bonchev–Trinajstić information content (AvgIpc) is 2.73. The van der Waals surface area contributed by atoms with Crippen LogP contribution in [-0.4, -0.2) is 56.9 Å². The molecule has 0 saturated carbocycles. The molecule has 3 rings (SSSR count). The van der Waals surface area contributed by atoms with Crippen molar-refractivity contribution in [3.8, 4) is 0 Å². The molecule has 0 amide bonds. The van der Waals surface area contributed by atoms with Crippen LogP contribution in [0, 0.1) is 0 Å². The summed E-state index contributed by atoms with van der Waals surface area (Å²) in [6, 6.07) is 19.2. The Morgan fingerprint density at radius 2 is 1.61 bits per heavy atom. The van der Waals surface area contributed by atoms with Crippen LogP contribution in [0.1, 0.15) is 30.7 Å². The summed E-state index contributed by atoms with van der Waals surface area (Å²) in [6.07, 6.45) is 3.00. The monoisotopic (exact) mass is 401 g/mol. The van der Waals surface area contributed by atoms with E-state index < -0.39 is 10.0 Å². The number of nitrogens with two attached hydrogens (primary N) is 1. The van der Waals surface area contributed by atoms with Crippen LogP contribution in [0.3, 0.4) is 0 Å². The maximum Gasteiger partial charge on any atom is 0.242 e. The van der Waals surface area contributed by atoms with Gasteiger partial charge in [0.15, 0.2) is 0 Å². The summed E-state index contributed by atoms with van der Waals surface area (Å²) < 4.78 is 27.4. The van der Waals surface area contributed by atoms with E-state index in [-0.39, 0.29) is 5.92 Å². The number of benzene rings is 2. The fourth-order valence-electron chi connectivity index (χ4n) is 3.78. The lowest BCUT2D eigenvalue weighted by Gasteiger charge is -2.32. The van der Waals surface area contributed by atoms with Gasteiger partial charge in [-0.3, -0.25) is 0 Å². The van der Waals surface area contributed by atoms with Gasteiger partial charge in [0.05, 0.1) is 4.90 Å². The number of piperidine rings is 1. The van der Waals surface area contributed by atoms with Gasteiger partial charge in [-0.2, -0.15) is 0 Å². The SMILES string of the molecule is CN(CC(CCN1CCC(N)CC1)c1ccccc1)S(=O)(=O)c1ccccc1. The molecule has 152 valence electrons. The molecular formula is C22H31N3O2S. The molecule has 1 unspecified atom stereocenters. The second kappa shape index (κ2) is 9.65. The van der Waals surface area contributed by atoms with Gasteiger partial charge in [-0.05, 0) is 62.5 Å². The molecule has 0 radical (unpaired) electrons. The summed E-state index contributed by atoms with van der Waals surface area (Å²) >= 11 is 0. The molecule has 1 saturated heterocycles. The molecule has 2 aromatic rings. The molecule has 0 bridgehead atoms. The summed E-state index contributed by atoms with van der Waals surface area (Å²) in [5.41, 5.74) is 7.20. The highest BCUT2D eigenvalue weighted by Gasteiger charge is 2.25. The van der Waals surface area contributed by atoms with E-state index in [1.807, 2.05) is 24.3 Å². The Labute approximate surface area is 169 Å². The number of hydrogen-bond acceptors (Lipinski definition) is 4. The van der Waals surface area contributed by atoms with Crippen LogP contribution >= 0.6 is 0 Å². The van der Waals surface area contributed by atoms with Gasteiger partial charge in [-0.1, -0.05) is 48.5 Å². The van der Waals surface area contributed by atoms with Crippen molar-refractivity contribution in [2.45, 2.75) is 36.1 Å². The number of nitrogens with zero attached hydrogens (tertiary/aromatic N) is 2. The summed E-state index contributed by atoms with van der Waals surface area (Å²) in [5.74, 6) is 0.153. The maximum atomic E-state index is 12.9. The van der Waals surface area contributed by atoms with Crippen molar-refractivity contribution >= 4 is 10.0 Å². The zero-order chi connectivity index (χ0) is 20.0. The van der Waals surface area contributed by atoms with Crippen LogP contribution < -0.4 is 5.73 Å². The van der Waals surface area contributed by atoms with Gasteiger partial charge >= 0.3 is 0 Å². The van der Waals surface area contributed by atoms with Gasteiger partial charge in [0, 0.05) is 19.6 Å². The number of rotatable bonds is 8. The van der Waals surface area contributed by atoms with Crippen LogP contribution in [0.2, 0.25) is 0 Å². The average molecular weight is 402 g/mol. The summed E-state index contributed by atoms with van der Waals surface area (Å²) in [6.45, 7) is 3.49. The largest absolute Gasteiger partial charge is 0.328 e. The van der Waals surface area contributed by atoms with E-state index >= 15 is 0 Å². The highest BCUT2D eigenvalue weighted by molar-refractivity contribution is 7.89. The van der Waals surface area contributed by atoms with E-state index in [1.165, 1.54) is 9.87 Å². The lowest BCUT2D eigenvalue weighted by molar-refractivity contribution is 0.204. The van der Waals surface area contributed by atoms with Crippen LogP contribution in [0.5, 0.6) is 0 Å². The Morgan fingerprint density at radius 1 is 1.04 bits per heavy atom. The molecule has 1 aliphatic heterocycles. The minimum Gasteiger partial charge on any atom is -0.328 e. The van der Waals surface area contributed by atoms with Crippen molar-refractivity contribution in [3.63, 3.8) is 0 Å². The van der Waals surface area contributed by atoms with E-state index in [4.69, 9.17) is 5.73 Å². The first-order valence-electron chi connectivity index (χ1n) is 10.0. The van der Waals surface area contributed by atoms with Gasteiger partial charge in [-0.25, -0.2) is 12.7 Å². The zero-order valence-corrected chi connectivity index (χ0v) is 17.4. The maximum absolute atomic E-state index is 12.9. The molecule has 0 aliphatic carbocycles. The van der Waals surface area contributed by atoms with Crippen molar-refractivity contribution in [3.05, 3.63) is 66.2 Å². The van der Waals surface area contributed by atoms with E-state index in [2.05, 4.69) is 17.0 Å². The molecule has 1 atom stereocenters. The molecular weight excluding hydrogens is 370 g/mol. The Morgan fingerprint density at radius 3 is 2.21 bits per heavy atom. The summed E-state index contributed by atoms with van der Waals surface area (Å²) in [7, 11) is -1.81. The second-order valence-corrected chi connectivity index (χ2v) is 9.72. The third-order valence-corrected chi connectivity index (χ3v) is 7.46. The first-order valence-corrected chi connectivity index (χ1v) is 11.4. The van der Waals surface area contributed by atoms with Crippen LogP contribution in [0.15, 0.2) is 65.6 Å². The molecule has 2 aromatic carbocycles. The fourth-order valence-corrected chi connectivity index (χ4v) is 5.02. The smallest absolute Gasteiger partial charge is 0.242 e. The predicted molar refractivity (Wildman–Crippen MR) is 114 cm³/mol. The molecule has 1 fully saturated rings. The number of sulfonamides is 1. The van der Waals surface area contributed by atoms with Crippen molar-refractivity contribution in [1.82, 2.24) is 9.21 Å². The lowest BCUT2D eigenvalue weighted by atomic mass is 9.95. The Hall–Kier alpha value is -1.73. The number of likely N-dealkylation sites (tertiary alicyclic amines) is 1. The van der Waals surface area contributed by atoms with Gasteiger partial charge in [0.2, 0.25) is 10.0 Å². The first-order chi connectivity index (χ1) is 13.5. The topological polar surface area (TPSA) is 66.6 Å². The minimum atomic E-state index is -3.49. The Balaban J connectivity index is 1.70. The van der Waals surface area contributed by atoms with E-state index in [0.717, 1.165) is 38.9 Å². The van der Waals surface area contributed by atoms with Gasteiger partial charge in [0.25, 0.3) is 0 Å². The molecule has 0 aromatic heterocycles. The van der Waals surface area contributed by atoms with Crippen LogP contribution in [0.4, 0.5) is 0 Å². The van der Waals surface area contributed by atoms with Crippen molar-refractivity contribution in [2.75, 3.05) is 33.2 Å². The molecule has 1 aliphatic rings. The summed E-state index contributed by atoms with van der Waals surface area (Å²) in [5, 5.41) is 0. The van der Waals surface area contributed by atoms with E-state index in [0.29, 0.717) is 17.5 Å². The Bertz CT molecular complexity index is 819. The minimum absolute atomic E-state index is 0.153. The second-order valence-electron chi connectivity index (χ2n) is 7.67. The number of hydrogen-bond donors (Lipinski definition) is 1. The quantitative estimate of drug-likeness (QED) is 0.739. The standard InChI is InChI=1S/C22H31N3O2S/c1-24(28(26,27)22-10-6-3-7-11-22)18-20(19-8-4-2-5-9-19)12-15-25-16-13-21(23)14-17-25/h2-11,20-21H,12-18,23H2,1H3. The van der Waals surface area contributed by atoms with E-state index in [1.54, 1.807) is 31.3 Å². The van der Waals surface area contributed by atoms with Crippen LogP contribution in [-0.2, 0) is 10.0 Å². The molecule has 1 heterocycles. The van der Waals surface area contributed by atoms with Crippen molar-refractivity contribution < 1.29 is 8.42 Å². The van der Waals surface area contributed by atoms with Crippen LogP contribution in [0.25, 0.3) is 0 Å². The number of likely N-dealkylation sites (N-methyl/N-ethyl adjacent to an activating group) is 1. The first kappa shape index (κ1) is 21.0. The van der Waals surface area contributed by atoms with E-state index in [9.17, 15) is 8.42 Å². The van der Waals surface area contributed by atoms with Gasteiger partial charge in [-0.15, -0.1) is 0 Å². The highest BCUT2D eigenvalue weighted by Crippen LogP contribution is 2.25. The Kier molecular flexibility index (Phi) is 7.24. The third kappa shape index (κ3) is 5.41. The lowest BCUT2D eigenvalue weighted by Crippen LogP contribution is -2.40. The third-order valence-electron chi connectivity index (χ3n) is 5.63. The molecule has 6 heteroatoms. The molecule has 5 nitrogen and oxygen atoms in total. The predicted octanol–water partition coefficient (Wildman–Crippen LogP) is 2.90. The summed E-state index contributed by atoms with van der Waals surface area (Å²) in [4.78, 5) is 2.79. The fraction of sp³-hybridized carbons (Fsp3) is 0.455. The zero-order valence-electron chi connectivity index (χ0n) is 16.6. The van der Waals surface area contributed by atoms with Crippen molar-refractivity contribution in [2.24, 2.45) is 5.73 Å².